The fraction of sp³-hybridized carbons (Fsp3) is 0.533. The van der Waals surface area contributed by atoms with E-state index in [-0.39, 0.29) is 11.8 Å². The molecule has 7 heteroatoms. The van der Waals surface area contributed by atoms with Crippen molar-refractivity contribution >= 4 is 15.8 Å². The van der Waals surface area contributed by atoms with Gasteiger partial charge < -0.3 is 15.4 Å². The summed E-state index contributed by atoms with van der Waals surface area (Å²) in [5.74, 6) is 0.602. The number of benzene rings is 1. The van der Waals surface area contributed by atoms with E-state index in [1.165, 1.54) is 0 Å². The van der Waals surface area contributed by atoms with Gasteiger partial charge in [-0.25, -0.2) is 8.42 Å². The molecule has 0 bridgehead atoms. The number of guanidine groups is 1. The van der Waals surface area contributed by atoms with E-state index in [1.807, 2.05) is 6.92 Å². The first kappa shape index (κ1) is 18.4. The zero-order valence-electron chi connectivity index (χ0n) is 13.4. The van der Waals surface area contributed by atoms with E-state index in [0.717, 1.165) is 0 Å². The molecule has 1 aromatic rings. The number of rotatable bonds is 8. The van der Waals surface area contributed by atoms with E-state index >= 15 is 0 Å². The van der Waals surface area contributed by atoms with Gasteiger partial charge in [-0.2, -0.15) is 0 Å². The van der Waals surface area contributed by atoms with Crippen LogP contribution in [0, 0.1) is 0 Å². The Bertz CT molecular complexity index is 559. The van der Waals surface area contributed by atoms with Crippen LogP contribution in [0.5, 0.6) is 0 Å². The third-order valence-electron chi connectivity index (χ3n) is 3.18. The molecular formula is C15H25N3O3S. The van der Waals surface area contributed by atoms with Gasteiger partial charge in [0.05, 0.1) is 17.3 Å². The maximum Gasteiger partial charge on any atom is 0.191 e. The van der Waals surface area contributed by atoms with Crippen LogP contribution in [0.25, 0.3) is 0 Å². The van der Waals surface area contributed by atoms with E-state index in [1.54, 1.807) is 44.5 Å². The normalized spacial score (nSPS) is 13.7. The summed E-state index contributed by atoms with van der Waals surface area (Å²) in [5.41, 5.74) is 0. The molecule has 1 atom stereocenters. The van der Waals surface area contributed by atoms with E-state index in [2.05, 4.69) is 15.6 Å². The van der Waals surface area contributed by atoms with Crippen LogP contribution >= 0.6 is 0 Å². The standard InChI is InChI=1S/C15H25N3O3S/c1-4-13(18-15(16-2)17-10-11-21-3)12-22(19,20)14-8-6-5-7-9-14/h5-9,13H,4,10-12H2,1-3H3,(H2,16,17,18). The first-order valence-electron chi connectivity index (χ1n) is 7.27. The molecule has 1 aromatic carbocycles. The van der Waals surface area contributed by atoms with Crippen LogP contribution in [0.4, 0.5) is 0 Å². The van der Waals surface area contributed by atoms with Crippen LogP contribution in [0.2, 0.25) is 0 Å². The van der Waals surface area contributed by atoms with Gasteiger partial charge >= 0.3 is 0 Å². The summed E-state index contributed by atoms with van der Waals surface area (Å²) in [6.45, 7) is 3.11. The molecule has 124 valence electrons. The van der Waals surface area contributed by atoms with Crippen molar-refractivity contribution in [3.05, 3.63) is 30.3 Å². The number of nitrogens with zero attached hydrogens (tertiary/aromatic N) is 1. The van der Waals surface area contributed by atoms with Crippen molar-refractivity contribution < 1.29 is 13.2 Å². The molecular weight excluding hydrogens is 302 g/mol. The SMILES string of the molecule is CCC(CS(=O)(=O)c1ccccc1)NC(=NC)NCCOC. The van der Waals surface area contributed by atoms with Crippen molar-refractivity contribution in [1.82, 2.24) is 10.6 Å². The lowest BCUT2D eigenvalue weighted by Gasteiger charge is -2.20. The molecule has 0 amide bonds. The average Bonchev–Trinajstić information content (AvgIpc) is 2.53. The summed E-state index contributed by atoms with van der Waals surface area (Å²) in [4.78, 5) is 4.44. The van der Waals surface area contributed by atoms with E-state index < -0.39 is 9.84 Å². The van der Waals surface area contributed by atoms with Crippen LogP contribution in [-0.4, -0.2) is 53.5 Å². The number of hydrogen-bond donors (Lipinski definition) is 2. The largest absolute Gasteiger partial charge is 0.383 e. The predicted molar refractivity (Wildman–Crippen MR) is 88.9 cm³/mol. The lowest BCUT2D eigenvalue weighted by Crippen LogP contribution is -2.46. The van der Waals surface area contributed by atoms with Crippen molar-refractivity contribution in [3.8, 4) is 0 Å². The van der Waals surface area contributed by atoms with Crippen LogP contribution in [0.15, 0.2) is 40.2 Å². The van der Waals surface area contributed by atoms with Gasteiger partial charge in [-0.3, -0.25) is 4.99 Å². The molecule has 0 fully saturated rings. The zero-order valence-corrected chi connectivity index (χ0v) is 14.2. The highest BCUT2D eigenvalue weighted by Gasteiger charge is 2.20. The molecule has 0 radical (unpaired) electrons. The molecule has 0 aromatic heterocycles. The lowest BCUT2D eigenvalue weighted by molar-refractivity contribution is 0.203. The minimum atomic E-state index is -3.32. The molecule has 0 aliphatic carbocycles. The van der Waals surface area contributed by atoms with Crippen LogP contribution in [0.1, 0.15) is 13.3 Å². The summed E-state index contributed by atoms with van der Waals surface area (Å²) < 4.78 is 29.8. The number of ether oxygens (including phenoxy) is 1. The molecule has 2 N–H and O–H groups in total. The molecule has 1 rings (SSSR count). The Balaban J connectivity index is 2.68. The summed E-state index contributed by atoms with van der Waals surface area (Å²) in [7, 11) is -0.0431. The predicted octanol–water partition coefficient (Wildman–Crippen LogP) is 1.05. The van der Waals surface area contributed by atoms with Gasteiger partial charge in [-0.1, -0.05) is 25.1 Å². The van der Waals surface area contributed by atoms with Gasteiger partial charge in [0.15, 0.2) is 15.8 Å². The zero-order chi connectivity index (χ0) is 16.4. The molecule has 0 aliphatic heterocycles. The van der Waals surface area contributed by atoms with E-state index in [9.17, 15) is 8.42 Å². The average molecular weight is 327 g/mol. The summed E-state index contributed by atoms with van der Waals surface area (Å²) in [5, 5.41) is 6.22. The van der Waals surface area contributed by atoms with Gasteiger partial charge in [-0.05, 0) is 18.6 Å². The number of methoxy groups -OCH3 is 1. The Labute approximate surface area is 132 Å². The van der Waals surface area contributed by atoms with Gasteiger partial charge in [0.2, 0.25) is 0 Å². The van der Waals surface area contributed by atoms with Crippen LogP contribution in [-0.2, 0) is 14.6 Å². The van der Waals surface area contributed by atoms with Gasteiger partial charge in [0.25, 0.3) is 0 Å². The Morgan fingerprint density at radius 3 is 2.55 bits per heavy atom. The van der Waals surface area contributed by atoms with Crippen molar-refractivity contribution in [2.75, 3.05) is 33.1 Å². The maximum atomic E-state index is 12.4. The third kappa shape index (κ3) is 6.03. The second-order valence-electron chi connectivity index (χ2n) is 4.84. The molecule has 0 heterocycles. The fourth-order valence-electron chi connectivity index (χ4n) is 1.91. The van der Waals surface area contributed by atoms with Crippen LogP contribution < -0.4 is 10.6 Å². The summed E-state index contributed by atoms with van der Waals surface area (Å²) >= 11 is 0. The van der Waals surface area contributed by atoms with Gasteiger partial charge in [0.1, 0.15) is 0 Å². The Hall–Kier alpha value is -1.60. The van der Waals surface area contributed by atoms with Gasteiger partial charge in [0, 0.05) is 26.7 Å². The van der Waals surface area contributed by atoms with Crippen molar-refractivity contribution in [1.29, 1.82) is 0 Å². The lowest BCUT2D eigenvalue weighted by atomic mass is 10.3. The summed E-state index contributed by atoms with van der Waals surface area (Å²) in [6, 6.07) is 8.29. The minimum Gasteiger partial charge on any atom is -0.383 e. The van der Waals surface area contributed by atoms with Crippen molar-refractivity contribution in [2.45, 2.75) is 24.3 Å². The number of aliphatic imine (C=N–C) groups is 1. The Kier molecular flexibility index (Phi) is 7.90. The smallest absolute Gasteiger partial charge is 0.191 e. The second kappa shape index (κ2) is 9.42. The van der Waals surface area contributed by atoms with E-state index in [0.29, 0.717) is 30.4 Å². The monoisotopic (exact) mass is 327 g/mol. The first-order chi connectivity index (χ1) is 10.5. The fourth-order valence-corrected chi connectivity index (χ4v) is 3.52. The second-order valence-corrected chi connectivity index (χ2v) is 6.87. The van der Waals surface area contributed by atoms with Crippen molar-refractivity contribution in [3.63, 3.8) is 0 Å². The maximum absolute atomic E-state index is 12.4. The molecule has 0 aliphatic rings. The quantitative estimate of drug-likeness (QED) is 0.424. The molecule has 0 saturated carbocycles. The first-order valence-corrected chi connectivity index (χ1v) is 8.92. The number of nitrogens with one attached hydrogen (secondary N) is 2. The molecule has 1 unspecified atom stereocenters. The minimum absolute atomic E-state index is 0.0263. The number of hydrogen-bond acceptors (Lipinski definition) is 4. The molecule has 22 heavy (non-hydrogen) atoms. The van der Waals surface area contributed by atoms with Crippen molar-refractivity contribution in [2.24, 2.45) is 4.99 Å². The Morgan fingerprint density at radius 2 is 2.00 bits per heavy atom. The molecule has 0 spiro atoms. The third-order valence-corrected chi connectivity index (χ3v) is 5.01. The topological polar surface area (TPSA) is 79.8 Å². The number of sulfone groups is 1. The molecule has 0 saturated heterocycles. The summed E-state index contributed by atoms with van der Waals surface area (Å²) in [6.07, 6.45) is 0.678. The van der Waals surface area contributed by atoms with Gasteiger partial charge in [-0.15, -0.1) is 0 Å². The highest BCUT2D eigenvalue weighted by Crippen LogP contribution is 2.12. The van der Waals surface area contributed by atoms with E-state index in [4.69, 9.17) is 4.74 Å². The van der Waals surface area contributed by atoms with Crippen LogP contribution in [0.3, 0.4) is 0 Å². The highest BCUT2D eigenvalue weighted by molar-refractivity contribution is 7.91. The Morgan fingerprint density at radius 1 is 1.32 bits per heavy atom. The molecule has 6 nitrogen and oxygen atoms in total. The highest BCUT2D eigenvalue weighted by atomic mass is 32.2.